The van der Waals surface area contributed by atoms with E-state index in [9.17, 15) is 4.79 Å². The van der Waals surface area contributed by atoms with E-state index in [0.29, 0.717) is 23.9 Å². The van der Waals surface area contributed by atoms with E-state index in [4.69, 9.17) is 14.0 Å². The lowest BCUT2D eigenvalue weighted by Crippen LogP contribution is -2.08. The molecule has 0 saturated carbocycles. The molecule has 1 amide bonds. The molecule has 0 aliphatic rings. The highest BCUT2D eigenvalue weighted by atomic mass is 16.5. The minimum atomic E-state index is -0.267. The van der Waals surface area contributed by atoms with Crippen molar-refractivity contribution in [2.45, 2.75) is 20.5 Å². The highest BCUT2D eigenvalue weighted by Crippen LogP contribution is 2.30. The first kappa shape index (κ1) is 19.2. The van der Waals surface area contributed by atoms with Gasteiger partial charge in [-0.25, -0.2) is 0 Å². The van der Waals surface area contributed by atoms with Gasteiger partial charge in [0.15, 0.2) is 17.3 Å². The number of nitrogens with one attached hydrogen (secondary N) is 1. The summed E-state index contributed by atoms with van der Waals surface area (Å²) in [5, 5.41) is 10.7. The molecule has 0 aliphatic carbocycles. The van der Waals surface area contributed by atoms with E-state index >= 15 is 0 Å². The Morgan fingerprint density at radius 2 is 2.11 bits per heavy atom. The average Bonchev–Trinajstić information content (AvgIpc) is 3.23. The van der Waals surface area contributed by atoms with Crippen molar-refractivity contribution in [3.05, 3.63) is 59.1 Å². The molecular formula is C20H22N4O4. The number of rotatable bonds is 7. The Hall–Kier alpha value is -3.55. The largest absolute Gasteiger partial charge is 0.493 e. The topological polar surface area (TPSA) is 91.4 Å². The van der Waals surface area contributed by atoms with Crippen molar-refractivity contribution < 1.29 is 18.8 Å². The molecule has 0 fully saturated rings. The van der Waals surface area contributed by atoms with Gasteiger partial charge in [-0.2, -0.15) is 5.10 Å². The molecule has 146 valence electrons. The van der Waals surface area contributed by atoms with Crippen molar-refractivity contribution in [3.8, 4) is 11.5 Å². The van der Waals surface area contributed by atoms with Gasteiger partial charge < -0.3 is 19.3 Å². The number of aryl methyl sites for hydroxylation is 3. The van der Waals surface area contributed by atoms with Crippen molar-refractivity contribution in [2.75, 3.05) is 12.4 Å². The molecule has 8 nitrogen and oxygen atoms in total. The van der Waals surface area contributed by atoms with Crippen molar-refractivity contribution in [1.82, 2.24) is 14.9 Å². The normalized spacial score (nSPS) is 11.0. The smallest absolute Gasteiger partial charge is 0.249 e. The zero-order valence-corrected chi connectivity index (χ0v) is 16.2. The molecule has 1 aromatic carbocycles. The second kappa shape index (κ2) is 8.43. The van der Waals surface area contributed by atoms with Crippen molar-refractivity contribution in [2.24, 2.45) is 7.05 Å². The van der Waals surface area contributed by atoms with Crippen LogP contribution in [0.4, 0.5) is 5.82 Å². The zero-order valence-electron chi connectivity index (χ0n) is 16.2. The zero-order chi connectivity index (χ0) is 20.1. The lowest BCUT2D eigenvalue weighted by atomic mass is 10.2. The van der Waals surface area contributed by atoms with Gasteiger partial charge >= 0.3 is 0 Å². The molecule has 0 atom stereocenters. The third-order valence-electron chi connectivity index (χ3n) is 4.13. The van der Waals surface area contributed by atoms with Gasteiger partial charge in [0.05, 0.1) is 18.4 Å². The van der Waals surface area contributed by atoms with Crippen LogP contribution in [0.2, 0.25) is 0 Å². The van der Waals surface area contributed by atoms with Crippen molar-refractivity contribution >= 4 is 17.8 Å². The first-order chi connectivity index (χ1) is 13.5. The Labute approximate surface area is 162 Å². The number of hydrogen-bond donors (Lipinski definition) is 1. The maximum atomic E-state index is 12.0. The third-order valence-corrected chi connectivity index (χ3v) is 4.13. The molecule has 1 N–H and O–H groups in total. The van der Waals surface area contributed by atoms with Gasteiger partial charge in [-0.05, 0) is 37.6 Å². The summed E-state index contributed by atoms with van der Waals surface area (Å²) in [7, 11) is 3.35. The summed E-state index contributed by atoms with van der Waals surface area (Å²) in [6.45, 7) is 4.05. The van der Waals surface area contributed by atoms with E-state index in [2.05, 4.69) is 15.6 Å². The van der Waals surface area contributed by atoms with E-state index in [1.165, 1.54) is 6.08 Å². The highest BCUT2D eigenvalue weighted by molar-refractivity contribution is 6.01. The molecule has 0 spiro atoms. The molecular weight excluding hydrogens is 360 g/mol. The first-order valence-corrected chi connectivity index (χ1v) is 8.67. The van der Waals surface area contributed by atoms with Gasteiger partial charge in [0.25, 0.3) is 0 Å². The fourth-order valence-electron chi connectivity index (χ4n) is 2.59. The number of anilines is 1. The van der Waals surface area contributed by atoms with Crippen LogP contribution in [0.15, 0.2) is 41.1 Å². The molecule has 0 saturated heterocycles. The summed E-state index contributed by atoms with van der Waals surface area (Å²) in [6.07, 6.45) is 4.89. The standard InChI is InChI=1S/C20H22N4O4/c1-13-16(14(2)28-23-13)12-27-17-7-5-15(11-18(17)26-4)6-8-20(25)21-19-9-10-24(3)22-19/h5-11H,12H2,1-4H3,(H,21,22,25)/b8-6+. The molecule has 0 bridgehead atoms. The van der Waals surface area contributed by atoms with Gasteiger partial charge in [0.2, 0.25) is 5.91 Å². The van der Waals surface area contributed by atoms with Gasteiger partial charge in [-0.1, -0.05) is 11.2 Å². The molecule has 0 unspecified atom stereocenters. The summed E-state index contributed by atoms with van der Waals surface area (Å²) < 4.78 is 18.0. The molecule has 3 rings (SSSR count). The van der Waals surface area contributed by atoms with Crippen LogP contribution in [0.5, 0.6) is 11.5 Å². The van der Waals surface area contributed by atoms with E-state index in [1.54, 1.807) is 49.3 Å². The Kier molecular flexibility index (Phi) is 5.78. The monoisotopic (exact) mass is 382 g/mol. The number of methoxy groups -OCH3 is 1. The number of nitrogens with zero attached hydrogens (tertiary/aromatic N) is 3. The Morgan fingerprint density at radius 3 is 2.75 bits per heavy atom. The molecule has 0 radical (unpaired) electrons. The molecule has 28 heavy (non-hydrogen) atoms. The second-order valence-corrected chi connectivity index (χ2v) is 6.20. The number of amides is 1. The maximum absolute atomic E-state index is 12.0. The lowest BCUT2D eigenvalue weighted by Gasteiger charge is -2.11. The van der Waals surface area contributed by atoms with E-state index in [1.807, 2.05) is 19.9 Å². The van der Waals surface area contributed by atoms with Crippen LogP contribution in [0.25, 0.3) is 6.08 Å². The fraction of sp³-hybridized carbons (Fsp3) is 0.250. The Balaban J connectivity index is 1.66. The Morgan fingerprint density at radius 1 is 1.29 bits per heavy atom. The van der Waals surface area contributed by atoms with Crippen LogP contribution in [-0.2, 0) is 18.4 Å². The van der Waals surface area contributed by atoms with E-state index in [0.717, 1.165) is 22.6 Å². The molecule has 2 aromatic heterocycles. The van der Waals surface area contributed by atoms with Crippen LogP contribution >= 0.6 is 0 Å². The minimum absolute atomic E-state index is 0.267. The highest BCUT2D eigenvalue weighted by Gasteiger charge is 2.12. The summed E-state index contributed by atoms with van der Waals surface area (Å²) in [5.41, 5.74) is 2.52. The van der Waals surface area contributed by atoms with E-state index < -0.39 is 0 Å². The number of carbonyl (C=O) groups is 1. The number of carbonyl (C=O) groups excluding carboxylic acids is 1. The van der Waals surface area contributed by atoms with Gasteiger partial charge in [-0.15, -0.1) is 0 Å². The van der Waals surface area contributed by atoms with Gasteiger partial charge in [0.1, 0.15) is 12.4 Å². The van der Waals surface area contributed by atoms with Crippen molar-refractivity contribution in [3.63, 3.8) is 0 Å². The average molecular weight is 382 g/mol. The van der Waals surface area contributed by atoms with Crippen LogP contribution in [0, 0.1) is 13.8 Å². The van der Waals surface area contributed by atoms with Crippen LogP contribution in [-0.4, -0.2) is 28.0 Å². The first-order valence-electron chi connectivity index (χ1n) is 8.67. The fourth-order valence-corrected chi connectivity index (χ4v) is 2.59. The summed E-state index contributed by atoms with van der Waals surface area (Å²) >= 11 is 0. The van der Waals surface area contributed by atoms with E-state index in [-0.39, 0.29) is 5.91 Å². The van der Waals surface area contributed by atoms with Gasteiger partial charge in [-0.3, -0.25) is 9.48 Å². The van der Waals surface area contributed by atoms with Crippen LogP contribution < -0.4 is 14.8 Å². The van der Waals surface area contributed by atoms with Crippen LogP contribution in [0.3, 0.4) is 0 Å². The van der Waals surface area contributed by atoms with Crippen LogP contribution in [0.1, 0.15) is 22.6 Å². The summed E-state index contributed by atoms with van der Waals surface area (Å²) in [4.78, 5) is 12.0. The quantitative estimate of drug-likeness (QED) is 0.631. The summed E-state index contributed by atoms with van der Waals surface area (Å²) in [6, 6.07) is 7.16. The molecule has 3 aromatic rings. The minimum Gasteiger partial charge on any atom is -0.493 e. The molecule has 2 heterocycles. The number of hydrogen-bond acceptors (Lipinski definition) is 6. The number of benzene rings is 1. The summed E-state index contributed by atoms with van der Waals surface area (Å²) in [5.74, 6) is 2.13. The third kappa shape index (κ3) is 4.59. The maximum Gasteiger partial charge on any atom is 0.249 e. The van der Waals surface area contributed by atoms with Crippen molar-refractivity contribution in [1.29, 1.82) is 0 Å². The number of ether oxygens (including phenoxy) is 2. The Bertz CT molecular complexity index is 984. The molecule has 8 heteroatoms. The number of aromatic nitrogens is 3. The SMILES string of the molecule is COc1cc(/C=C/C(=O)Nc2ccn(C)n2)ccc1OCc1c(C)noc1C. The molecule has 0 aliphatic heterocycles. The second-order valence-electron chi connectivity index (χ2n) is 6.20. The lowest BCUT2D eigenvalue weighted by molar-refractivity contribution is -0.111. The predicted molar refractivity (Wildman–Crippen MR) is 104 cm³/mol. The predicted octanol–water partition coefficient (Wildman–Crippen LogP) is 3.26. The van der Waals surface area contributed by atoms with Gasteiger partial charge in [0, 0.05) is 25.4 Å².